The second-order valence-corrected chi connectivity index (χ2v) is 6.63. The molecule has 4 rings (SSSR count). The molecule has 1 amide bonds. The van der Waals surface area contributed by atoms with E-state index in [1.54, 1.807) is 0 Å². The fourth-order valence-electron chi connectivity index (χ4n) is 3.60. The molecule has 0 N–H and O–H groups in total. The highest BCUT2D eigenvalue weighted by Crippen LogP contribution is 2.54. The van der Waals surface area contributed by atoms with Gasteiger partial charge in [0, 0.05) is 12.5 Å². The second kappa shape index (κ2) is 4.65. The van der Waals surface area contributed by atoms with E-state index in [-0.39, 0.29) is 34.2 Å². The van der Waals surface area contributed by atoms with Crippen LogP contribution in [0.15, 0.2) is 12.4 Å². The van der Waals surface area contributed by atoms with Crippen LogP contribution in [0.3, 0.4) is 0 Å². The van der Waals surface area contributed by atoms with Gasteiger partial charge >= 0.3 is 0 Å². The van der Waals surface area contributed by atoms with Gasteiger partial charge in [-0.3, -0.25) is 9.69 Å². The van der Waals surface area contributed by atoms with Gasteiger partial charge in [-0.25, -0.2) is 13.9 Å². The molecule has 0 unspecified atom stereocenters. The minimum Gasteiger partial charge on any atom is -0.293 e. The Balaban J connectivity index is 1.88. The summed E-state index contributed by atoms with van der Waals surface area (Å²) in [6, 6.07) is 2.24. The number of hydrogen-bond acceptors (Lipinski definition) is 4. The number of carbonyl (C=O) groups excluding carboxylic acids is 1. The molecule has 2 atom stereocenters. The zero-order chi connectivity index (χ0) is 16.4. The number of anilines is 1. The van der Waals surface area contributed by atoms with E-state index < -0.39 is 11.2 Å². The Morgan fingerprint density at radius 2 is 2.26 bits per heavy atom. The zero-order valence-corrected chi connectivity index (χ0v) is 13.1. The van der Waals surface area contributed by atoms with Crippen LogP contribution < -0.4 is 4.90 Å². The van der Waals surface area contributed by atoms with Gasteiger partial charge in [0.25, 0.3) is 0 Å². The topological polar surface area (TPSA) is 74.3 Å². The van der Waals surface area contributed by atoms with E-state index in [9.17, 15) is 14.4 Å². The van der Waals surface area contributed by atoms with Crippen molar-refractivity contribution < 1.29 is 9.18 Å². The van der Waals surface area contributed by atoms with Crippen molar-refractivity contribution >= 4 is 28.8 Å². The average Bonchev–Trinajstić information content (AvgIpc) is 3.25. The zero-order valence-electron chi connectivity index (χ0n) is 12.3. The lowest BCUT2D eigenvalue weighted by atomic mass is 9.75. The van der Waals surface area contributed by atoms with Gasteiger partial charge in [0.05, 0.1) is 18.5 Å². The van der Waals surface area contributed by atoms with E-state index in [1.807, 2.05) is 6.92 Å². The Bertz CT molecular complexity index is 871. The maximum atomic E-state index is 14.1. The number of hydrogen-bond donors (Lipinski definition) is 0. The standard InChI is InChI=1S/C15H13ClFN5O/c1-8-5-21(14(23)15(8,7-18)9-2-3-9)13-12-10(17)4-19-22(12)6-11(16)20-13/h4,6,8-9H,2-3,5H2,1H3/t8-,15+/m1/s1. The van der Waals surface area contributed by atoms with E-state index >= 15 is 0 Å². The third-order valence-electron chi connectivity index (χ3n) is 4.90. The van der Waals surface area contributed by atoms with Crippen molar-refractivity contribution in [3.8, 4) is 6.07 Å². The minimum atomic E-state index is -1.04. The van der Waals surface area contributed by atoms with Crippen LogP contribution >= 0.6 is 11.6 Å². The molecule has 0 bridgehead atoms. The molecule has 1 aliphatic carbocycles. The summed E-state index contributed by atoms with van der Waals surface area (Å²) in [6.45, 7) is 2.20. The first-order valence-electron chi connectivity index (χ1n) is 7.41. The lowest BCUT2D eigenvalue weighted by Crippen LogP contribution is -2.37. The third-order valence-corrected chi connectivity index (χ3v) is 5.08. The Morgan fingerprint density at radius 1 is 1.52 bits per heavy atom. The first-order valence-corrected chi connectivity index (χ1v) is 7.79. The molecule has 1 saturated carbocycles. The molecule has 0 spiro atoms. The summed E-state index contributed by atoms with van der Waals surface area (Å²) < 4.78 is 15.4. The lowest BCUT2D eigenvalue weighted by molar-refractivity contribution is -0.124. The lowest BCUT2D eigenvalue weighted by Gasteiger charge is -2.22. The molecule has 2 aromatic heterocycles. The van der Waals surface area contributed by atoms with Gasteiger partial charge < -0.3 is 0 Å². The van der Waals surface area contributed by atoms with Crippen molar-refractivity contribution in [2.75, 3.05) is 11.4 Å². The molecule has 1 aliphatic heterocycles. The van der Waals surface area contributed by atoms with Gasteiger partial charge in [0.15, 0.2) is 11.6 Å². The number of nitrogens with zero attached hydrogens (tertiary/aromatic N) is 5. The summed E-state index contributed by atoms with van der Waals surface area (Å²) >= 11 is 5.98. The van der Waals surface area contributed by atoms with Gasteiger partial charge in [-0.15, -0.1) is 0 Å². The van der Waals surface area contributed by atoms with Crippen molar-refractivity contribution in [1.29, 1.82) is 5.26 Å². The Morgan fingerprint density at radius 3 is 2.91 bits per heavy atom. The number of halogens is 2. The van der Waals surface area contributed by atoms with Crippen LogP contribution in [0.5, 0.6) is 0 Å². The molecule has 2 fully saturated rings. The summed E-state index contributed by atoms with van der Waals surface area (Å²) in [5, 5.41) is 13.7. The van der Waals surface area contributed by atoms with Crippen LogP contribution in [0.1, 0.15) is 19.8 Å². The summed E-state index contributed by atoms with van der Waals surface area (Å²) in [5.74, 6) is -0.843. The third kappa shape index (κ3) is 1.81. The molecule has 3 heterocycles. The van der Waals surface area contributed by atoms with Crippen LogP contribution in [-0.4, -0.2) is 27.0 Å². The number of aromatic nitrogens is 3. The largest absolute Gasteiger partial charge is 0.293 e. The summed E-state index contributed by atoms with van der Waals surface area (Å²) in [6.07, 6.45) is 4.18. The highest BCUT2D eigenvalue weighted by Gasteiger charge is 2.61. The molecular weight excluding hydrogens is 321 g/mol. The van der Waals surface area contributed by atoms with E-state index in [0.717, 1.165) is 19.0 Å². The van der Waals surface area contributed by atoms with Gasteiger partial charge in [-0.1, -0.05) is 18.5 Å². The van der Waals surface area contributed by atoms with Crippen LogP contribution in [-0.2, 0) is 4.79 Å². The first-order chi connectivity index (χ1) is 11.0. The van der Waals surface area contributed by atoms with E-state index in [1.165, 1.54) is 15.6 Å². The molecule has 2 aromatic rings. The van der Waals surface area contributed by atoms with Crippen LogP contribution in [0.2, 0.25) is 5.15 Å². The van der Waals surface area contributed by atoms with Crippen LogP contribution in [0.4, 0.5) is 10.2 Å². The Labute approximate surface area is 136 Å². The monoisotopic (exact) mass is 333 g/mol. The quantitative estimate of drug-likeness (QED) is 0.846. The number of fused-ring (bicyclic) bond motifs is 1. The van der Waals surface area contributed by atoms with Gasteiger partial charge in [0.2, 0.25) is 5.91 Å². The molecule has 6 nitrogen and oxygen atoms in total. The normalized spacial score (nSPS) is 27.7. The summed E-state index contributed by atoms with van der Waals surface area (Å²) in [4.78, 5) is 18.5. The number of carbonyl (C=O) groups is 1. The summed E-state index contributed by atoms with van der Waals surface area (Å²) in [5.41, 5.74) is -0.947. The van der Waals surface area contributed by atoms with Crippen molar-refractivity contribution in [3.05, 3.63) is 23.4 Å². The van der Waals surface area contributed by atoms with Crippen LogP contribution in [0.25, 0.3) is 5.52 Å². The molecule has 118 valence electrons. The Hall–Kier alpha value is -2.20. The molecule has 0 radical (unpaired) electrons. The van der Waals surface area contributed by atoms with Crippen molar-refractivity contribution in [3.63, 3.8) is 0 Å². The van der Waals surface area contributed by atoms with Gasteiger partial charge in [-0.05, 0) is 18.8 Å². The van der Waals surface area contributed by atoms with E-state index in [0.29, 0.717) is 6.54 Å². The molecule has 1 saturated heterocycles. The molecule has 23 heavy (non-hydrogen) atoms. The molecule has 0 aromatic carbocycles. The SMILES string of the molecule is C[C@@H]1CN(c2nc(Cl)cn3ncc(F)c23)C(=O)[C@]1(C#N)C1CC1. The van der Waals surface area contributed by atoms with Crippen molar-refractivity contribution in [1.82, 2.24) is 14.6 Å². The predicted octanol–water partition coefficient (Wildman–Crippen LogP) is 2.42. The fraction of sp³-hybridized carbons (Fsp3) is 0.467. The molecule has 8 heteroatoms. The number of amides is 1. The van der Waals surface area contributed by atoms with E-state index in [2.05, 4.69) is 16.2 Å². The maximum absolute atomic E-state index is 14.1. The Kier molecular flexibility index (Phi) is 2.91. The minimum absolute atomic E-state index is 0.0740. The molecule has 2 aliphatic rings. The maximum Gasteiger partial charge on any atom is 0.249 e. The predicted molar refractivity (Wildman–Crippen MR) is 80.2 cm³/mol. The van der Waals surface area contributed by atoms with Gasteiger partial charge in [0.1, 0.15) is 16.1 Å². The van der Waals surface area contributed by atoms with Crippen molar-refractivity contribution in [2.45, 2.75) is 19.8 Å². The number of nitriles is 1. The summed E-state index contributed by atoms with van der Waals surface area (Å²) in [7, 11) is 0. The van der Waals surface area contributed by atoms with Crippen molar-refractivity contribution in [2.24, 2.45) is 17.3 Å². The van der Waals surface area contributed by atoms with E-state index in [4.69, 9.17) is 11.6 Å². The molecular formula is C15H13ClFN5O. The van der Waals surface area contributed by atoms with Crippen LogP contribution in [0, 0.1) is 34.4 Å². The second-order valence-electron chi connectivity index (χ2n) is 6.24. The highest BCUT2D eigenvalue weighted by molar-refractivity contribution is 6.29. The fourth-order valence-corrected chi connectivity index (χ4v) is 3.78. The first kappa shape index (κ1) is 14.4. The number of rotatable bonds is 2. The average molecular weight is 334 g/mol. The smallest absolute Gasteiger partial charge is 0.249 e. The van der Waals surface area contributed by atoms with Gasteiger partial charge in [-0.2, -0.15) is 10.4 Å². The highest BCUT2D eigenvalue weighted by atomic mass is 35.5.